The van der Waals surface area contributed by atoms with Gasteiger partial charge in [0.2, 0.25) is 5.91 Å². The maximum atomic E-state index is 12.8. The summed E-state index contributed by atoms with van der Waals surface area (Å²) >= 11 is 1.79. The third-order valence-corrected chi connectivity index (χ3v) is 6.99. The molecule has 0 aliphatic carbocycles. The lowest BCUT2D eigenvalue weighted by molar-refractivity contribution is -0.123. The average Bonchev–Trinajstić information content (AvgIpc) is 3.32. The van der Waals surface area contributed by atoms with E-state index in [1.54, 1.807) is 11.3 Å². The second-order valence-corrected chi connectivity index (χ2v) is 9.37. The molecule has 9 heteroatoms. The number of imide groups is 1. The van der Waals surface area contributed by atoms with Crippen molar-refractivity contribution in [1.82, 2.24) is 20.2 Å². The summed E-state index contributed by atoms with van der Waals surface area (Å²) in [5.74, 6) is -0.493. The Balaban J connectivity index is 1.22. The lowest BCUT2D eigenvalue weighted by Gasteiger charge is -2.35. The third-order valence-electron chi connectivity index (χ3n) is 6.14. The first-order valence-electron chi connectivity index (χ1n) is 10.6. The Morgan fingerprint density at radius 2 is 1.81 bits per heavy atom. The number of anilines is 1. The number of thiophene rings is 1. The number of rotatable bonds is 4. The van der Waals surface area contributed by atoms with Crippen molar-refractivity contribution in [3.63, 3.8) is 0 Å². The minimum absolute atomic E-state index is 0.189. The first-order valence-corrected chi connectivity index (χ1v) is 11.4. The molecule has 4 amide bonds. The van der Waals surface area contributed by atoms with Crippen LogP contribution in [0.4, 0.5) is 10.5 Å². The molecule has 0 unspecified atom stereocenters. The highest BCUT2D eigenvalue weighted by Gasteiger charge is 2.36. The lowest BCUT2D eigenvalue weighted by Crippen LogP contribution is -2.56. The highest BCUT2D eigenvalue weighted by Crippen LogP contribution is 2.27. The molecular formula is C22H25N5O3S. The average molecular weight is 440 g/mol. The van der Waals surface area contributed by atoms with Crippen molar-refractivity contribution in [1.29, 1.82) is 0 Å². The number of nitrogens with zero attached hydrogens (tertiary/aromatic N) is 4. The van der Waals surface area contributed by atoms with Crippen LogP contribution >= 0.6 is 11.3 Å². The quantitative estimate of drug-likeness (QED) is 0.791. The molecule has 1 aromatic heterocycles. The normalized spacial score (nSPS) is 19.8. The van der Waals surface area contributed by atoms with Crippen molar-refractivity contribution in [3.05, 3.63) is 51.2 Å². The molecule has 2 fully saturated rings. The van der Waals surface area contributed by atoms with Crippen LogP contribution in [0.15, 0.2) is 29.6 Å². The molecule has 1 aromatic carbocycles. The summed E-state index contributed by atoms with van der Waals surface area (Å²) < 4.78 is 0. The van der Waals surface area contributed by atoms with Gasteiger partial charge in [0.05, 0.1) is 13.1 Å². The van der Waals surface area contributed by atoms with Gasteiger partial charge < -0.3 is 4.90 Å². The van der Waals surface area contributed by atoms with Crippen molar-refractivity contribution in [2.75, 3.05) is 37.6 Å². The van der Waals surface area contributed by atoms with E-state index in [0.717, 1.165) is 38.3 Å². The predicted octanol–water partition coefficient (Wildman–Crippen LogP) is 2.19. The number of fused-ring (bicyclic) bond motifs is 1. The van der Waals surface area contributed by atoms with Crippen LogP contribution in [0.3, 0.4) is 0 Å². The molecule has 0 radical (unpaired) electrons. The molecule has 0 bridgehead atoms. The highest BCUT2D eigenvalue weighted by atomic mass is 32.1. The molecule has 0 spiro atoms. The molecule has 8 nitrogen and oxygen atoms in total. The van der Waals surface area contributed by atoms with Gasteiger partial charge in [-0.3, -0.25) is 19.8 Å². The zero-order valence-electron chi connectivity index (χ0n) is 17.5. The topological polar surface area (TPSA) is 76.2 Å². The maximum Gasteiger partial charge on any atom is 0.342 e. The van der Waals surface area contributed by atoms with Gasteiger partial charge in [0.25, 0.3) is 5.91 Å². The predicted molar refractivity (Wildman–Crippen MR) is 118 cm³/mol. The number of piperazine rings is 1. The molecule has 2 saturated heterocycles. The number of carbonyl (C=O) groups excluding carboxylic acids is 3. The Kier molecular flexibility index (Phi) is 5.15. The molecule has 2 aromatic rings. The van der Waals surface area contributed by atoms with E-state index < -0.39 is 6.03 Å². The Morgan fingerprint density at radius 1 is 1.00 bits per heavy atom. The summed E-state index contributed by atoms with van der Waals surface area (Å²) in [6.07, 6.45) is 0.202. The van der Waals surface area contributed by atoms with Crippen LogP contribution in [-0.4, -0.2) is 65.5 Å². The Bertz CT molecular complexity index is 1040. The molecular weight excluding hydrogens is 414 g/mol. The van der Waals surface area contributed by atoms with Gasteiger partial charge in [-0.2, -0.15) is 0 Å². The first-order chi connectivity index (χ1) is 15.0. The van der Waals surface area contributed by atoms with Gasteiger partial charge in [-0.1, -0.05) is 12.1 Å². The van der Waals surface area contributed by atoms with Gasteiger partial charge in [0, 0.05) is 60.7 Å². The SMILES string of the molecule is Cc1cc(N2CCN(Cc3ccc4c(c3)CN(N3CCC(=O)NC3=O)C4=O)CC2)cs1. The molecule has 4 heterocycles. The van der Waals surface area contributed by atoms with Gasteiger partial charge >= 0.3 is 6.03 Å². The summed E-state index contributed by atoms with van der Waals surface area (Å²) in [5, 5.41) is 7.29. The van der Waals surface area contributed by atoms with Crippen LogP contribution in [0.1, 0.15) is 32.8 Å². The van der Waals surface area contributed by atoms with Crippen LogP contribution in [0, 0.1) is 6.92 Å². The number of aryl methyl sites for hydroxylation is 1. The van der Waals surface area contributed by atoms with E-state index in [2.05, 4.69) is 39.6 Å². The molecule has 0 atom stereocenters. The van der Waals surface area contributed by atoms with Crippen LogP contribution in [0.25, 0.3) is 0 Å². The van der Waals surface area contributed by atoms with Crippen molar-refractivity contribution in [3.8, 4) is 0 Å². The van der Waals surface area contributed by atoms with Gasteiger partial charge in [-0.05, 0) is 30.2 Å². The summed E-state index contributed by atoms with van der Waals surface area (Å²) in [6, 6.07) is 7.67. The summed E-state index contributed by atoms with van der Waals surface area (Å²) in [7, 11) is 0. The Hall–Kier alpha value is -2.91. The minimum Gasteiger partial charge on any atom is -0.368 e. The molecule has 31 heavy (non-hydrogen) atoms. The van der Waals surface area contributed by atoms with E-state index in [1.165, 1.54) is 26.1 Å². The van der Waals surface area contributed by atoms with Crippen molar-refractivity contribution >= 4 is 34.9 Å². The fourth-order valence-electron chi connectivity index (χ4n) is 4.46. The van der Waals surface area contributed by atoms with E-state index >= 15 is 0 Å². The minimum atomic E-state index is -0.531. The van der Waals surface area contributed by atoms with E-state index in [0.29, 0.717) is 12.1 Å². The number of urea groups is 1. The molecule has 3 aliphatic rings. The van der Waals surface area contributed by atoms with Gasteiger partial charge in [-0.15, -0.1) is 11.3 Å². The maximum absolute atomic E-state index is 12.8. The smallest absolute Gasteiger partial charge is 0.342 e. The first kappa shape index (κ1) is 20.0. The van der Waals surface area contributed by atoms with E-state index in [1.807, 2.05) is 12.1 Å². The van der Waals surface area contributed by atoms with Crippen molar-refractivity contribution < 1.29 is 14.4 Å². The van der Waals surface area contributed by atoms with E-state index in [9.17, 15) is 14.4 Å². The van der Waals surface area contributed by atoms with Crippen LogP contribution in [-0.2, 0) is 17.9 Å². The number of benzene rings is 1. The monoisotopic (exact) mass is 439 g/mol. The lowest BCUT2D eigenvalue weighted by atomic mass is 10.1. The number of nitrogens with one attached hydrogen (secondary N) is 1. The molecule has 1 N–H and O–H groups in total. The summed E-state index contributed by atoms with van der Waals surface area (Å²) in [5.41, 5.74) is 4.05. The van der Waals surface area contributed by atoms with Crippen LogP contribution in [0.2, 0.25) is 0 Å². The van der Waals surface area contributed by atoms with Gasteiger partial charge in [-0.25, -0.2) is 14.8 Å². The Labute approximate surface area is 185 Å². The number of amides is 4. The van der Waals surface area contributed by atoms with Crippen molar-refractivity contribution in [2.45, 2.75) is 26.4 Å². The van der Waals surface area contributed by atoms with E-state index in [4.69, 9.17) is 0 Å². The Morgan fingerprint density at radius 3 is 2.52 bits per heavy atom. The summed E-state index contributed by atoms with van der Waals surface area (Å²) in [6.45, 7) is 7.59. The molecule has 5 rings (SSSR count). The number of hydrogen-bond donors (Lipinski definition) is 1. The third kappa shape index (κ3) is 3.90. The fraction of sp³-hybridized carbons (Fsp3) is 0.409. The fourth-order valence-corrected chi connectivity index (χ4v) is 5.17. The second kappa shape index (κ2) is 7.97. The number of hydrogen-bond acceptors (Lipinski definition) is 6. The number of hydrazine groups is 1. The molecule has 0 saturated carbocycles. The zero-order chi connectivity index (χ0) is 21.5. The number of carbonyl (C=O) groups is 3. The highest BCUT2D eigenvalue weighted by molar-refractivity contribution is 7.10. The van der Waals surface area contributed by atoms with Crippen molar-refractivity contribution in [2.24, 2.45) is 0 Å². The summed E-state index contributed by atoms with van der Waals surface area (Å²) in [4.78, 5) is 42.6. The molecule has 162 valence electrons. The van der Waals surface area contributed by atoms with Crippen LogP contribution in [0.5, 0.6) is 0 Å². The van der Waals surface area contributed by atoms with Gasteiger partial charge in [0.1, 0.15) is 0 Å². The van der Waals surface area contributed by atoms with Crippen LogP contribution < -0.4 is 10.2 Å². The molecule has 3 aliphatic heterocycles. The zero-order valence-corrected chi connectivity index (χ0v) is 18.3. The van der Waals surface area contributed by atoms with E-state index in [-0.39, 0.29) is 24.8 Å². The largest absolute Gasteiger partial charge is 0.368 e. The van der Waals surface area contributed by atoms with Gasteiger partial charge in [0.15, 0.2) is 0 Å². The standard InChI is InChI=1S/C22H25N5O3S/c1-15-10-18(14-31-15)25-8-6-24(7-9-25)12-16-2-3-19-17(11-16)13-27(21(19)29)26-5-4-20(28)23-22(26)30/h2-3,10-11,14H,4-9,12-13H2,1H3,(H,23,28,30). The second-order valence-electron chi connectivity index (χ2n) is 8.26.